The van der Waals surface area contributed by atoms with Crippen molar-refractivity contribution in [2.24, 2.45) is 0 Å². The monoisotopic (exact) mass is 657 g/mol. The Bertz CT molecular complexity index is 1530. The maximum atomic E-state index is 13.1. The van der Waals surface area contributed by atoms with Crippen molar-refractivity contribution >= 4 is 17.4 Å². The van der Waals surface area contributed by atoms with Gasteiger partial charge in [-0.15, -0.1) is 0 Å². The van der Waals surface area contributed by atoms with E-state index in [0.29, 0.717) is 23.3 Å². The van der Waals surface area contributed by atoms with Crippen LogP contribution in [-0.4, -0.2) is 53.9 Å². The minimum absolute atomic E-state index is 0.0529. The molecule has 256 valence electrons. The molecule has 48 heavy (non-hydrogen) atoms. The van der Waals surface area contributed by atoms with Crippen LogP contribution in [0.3, 0.4) is 0 Å². The number of hydrogen-bond donors (Lipinski definition) is 2. The second kappa shape index (κ2) is 16.7. The van der Waals surface area contributed by atoms with Gasteiger partial charge in [-0.1, -0.05) is 79.8 Å². The summed E-state index contributed by atoms with van der Waals surface area (Å²) in [6.45, 7) is 5.66. The van der Waals surface area contributed by atoms with Crippen molar-refractivity contribution in [3.8, 4) is 17.2 Å². The zero-order valence-electron chi connectivity index (χ0n) is 28.1. The fourth-order valence-corrected chi connectivity index (χ4v) is 6.15. The van der Waals surface area contributed by atoms with Crippen LogP contribution in [0.25, 0.3) is 5.57 Å². The third-order valence-corrected chi connectivity index (χ3v) is 8.34. The number of amides is 1. The molecular formula is C39H47NO8. The number of fused-ring (bicyclic) bond motifs is 6. The fraction of sp³-hybridized carbons (Fsp3) is 0.436. The van der Waals surface area contributed by atoms with Gasteiger partial charge in [0.2, 0.25) is 12.5 Å². The third-order valence-electron chi connectivity index (χ3n) is 8.34. The van der Waals surface area contributed by atoms with Gasteiger partial charge < -0.3 is 34.1 Å². The highest BCUT2D eigenvalue weighted by atomic mass is 16.8. The normalized spacial score (nSPS) is 24.2. The Kier molecular flexibility index (Phi) is 12.1. The first-order valence-electron chi connectivity index (χ1n) is 16.9. The maximum Gasteiger partial charge on any atom is 0.306 e. The average Bonchev–Trinajstić information content (AvgIpc) is 3.66. The van der Waals surface area contributed by atoms with Crippen molar-refractivity contribution in [2.45, 2.75) is 102 Å². The molecule has 4 atom stereocenters. The zero-order valence-corrected chi connectivity index (χ0v) is 28.1. The fourth-order valence-electron chi connectivity index (χ4n) is 6.15. The largest absolute Gasteiger partial charge is 0.504 e. The SMILES string of the molecule is CCC=CCC=CCC=CCC=CCC=CCC=CCCC(=O)O[C@H]1C=C2c3cc4c(c(O)c3C(=O)N[C@H]2[C@@H]2OC(C)(C)O[C@@H]21)OCO4. The van der Waals surface area contributed by atoms with Gasteiger partial charge in [0.05, 0.1) is 11.6 Å². The summed E-state index contributed by atoms with van der Waals surface area (Å²) in [5.74, 6) is -1.57. The Morgan fingerprint density at radius 2 is 1.48 bits per heavy atom. The molecule has 4 aliphatic rings. The number of rotatable bonds is 15. The van der Waals surface area contributed by atoms with E-state index in [9.17, 15) is 14.7 Å². The molecular weight excluding hydrogens is 610 g/mol. The molecule has 9 nitrogen and oxygen atoms in total. The first-order chi connectivity index (χ1) is 23.3. The number of carbonyl (C=O) groups is 2. The highest BCUT2D eigenvalue weighted by Gasteiger charge is 2.55. The van der Waals surface area contributed by atoms with E-state index in [1.807, 2.05) is 12.2 Å². The molecule has 1 saturated heterocycles. The van der Waals surface area contributed by atoms with E-state index >= 15 is 0 Å². The molecule has 1 aromatic carbocycles. The first kappa shape index (κ1) is 35.0. The Morgan fingerprint density at radius 1 is 0.896 bits per heavy atom. The van der Waals surface area contributed by atoms with Crippen molar-refractivity contribution < 1.29 is 38.4 Å². The zero-order chi connectivity index (χ0) is 33.9. The number of phenols is 1. The van der Waals surface area contributed by atoms with Crippen molar-refractivity contribution in [3.63, 3.8) is 0 Å². The van der Waals surface area contributed by atoms with Gasteiger partial charge in [-0.2, -0.15) is 0 Å². The number of allylic oxidation sites excluding steroid dienone is 12. The molecule has 0 unspecified atom stereocenters. The predicted octanol–water partition coefficient (Wildman–Crippen LogP) is 7.54. The highest BCUT2D eigenvalue weighted by Crippen LogP contribution is 2.50. The molecule has 0 bridgehead atoms. The topological polar surface area (TPSA) is 113 Å². The lowest BCUT2D eigenvalue weighted by atomic mass is 9.79. The molecule has 1 fully saturated rings. The average molecular weight is 658 g/mol. The quantitative estimate of drug-likeness (QED) is 0.147. The summed E-state index contributed by atoms with van der Waals surface area (Å²) in [5, 5.41) is 13.8. The highest BCUT2D eigenvalue weighted by molar-refractivity contribution is 6.07. The standard InChI is InChI=1S/C39H47NO8/c1-4-5-6-7-8-9-10-11-12-13-14-15-16-17-18-19-20-21-22-23-31(41)46-30-25-28-27-24-29-35(45-26-44-29)34(42)32(27)38(43)40-33(28)37-36(30)47-39(2,3)48-37/h5-6,8-9,11-12,14-15,17-18,20-21,24-25,30,33,36-37,42H,4,7,10,13,16,19,22-23,26H2,1-3H3,(H,40,43)/t30-,33+,36+,37-/m0/s1. The lowest BCUT2D eigenvalue weighted by Crippen LogP contribution is -2.56. The minimum atomic E-state index is -0.947. The van der Waals surface area contributed by atoms with E-state index in [4.69, 9.17) is 23.7 Å². The third kappa shape index (κ3) is 8.76. The molecule has 2 N–H and O–H groups in total. The Balaban J connectivity index is 1.08. The summed E-state index contributed by atoms with van der Waals surface area (Å²) in [6, 6.07) is 1.11. The van der Waals surface area contributed by atoms with Crippen molar-refractivity contribution in [1.82, 2.24) is 5.32 Å². The van der Waals surface area contributed by atoms with Crippen LogP contribution in [0.5, 0.6) is 17.2 Å². The number of benzene rings is 1. The van der Waals surface area contributed by atoms with Gasteiger partial charge >= 0.3 is 5.97 Å². The number of aromatic hydroxyl groups is 1. The van der Waals surface area contributed by atoms with E-state index in [2.05, 4.69) is 73.0 Å². The lowest BCUT2D eigenvalue weighted by Gasteiger charge is -2.39. The maximum absolute atomic E-state index is 13.1. The molecule has 3 heterocycles. The van der Waals surface area contributed by atoms with Crippen molar-refractivity contribution in [1.29, 1.82) is 0 Å². The Hall–Kier alpha value is -4.34. The first-order valence-corrected chi connectivity index (χ1v) is 16.9. The van der Waals surface area contributed by atoms with Gasteiger partial charge in [0, 0.05) is 12.0 Å². The van der Waals surface area contributed by atoms with E-state index in [0.717, 1.165) is 38.5 Å². The summed E-state index contributed by atoms with van der Waals surface area (Å²) >= 11 is 0. The molecule has 3 aliphatic heterocycles. The van der Waals surface area contributed by atoms with Gasteiger partial charge in [0.15, 0.2) is 17.3 Å². The van der Waals surface area contributed by atoms with Gasteiger partial charge in [-0.25, -0.2) is 0 Å². The second-order valence-electron chi connectivity index (χ2n) is 12.4. The predicted molar refractivity (Wildman–Crippen MR) is 185 cm³/mol. The summed E-state index contributed by atoms with van der Waals surface area (Å²) < 4.78 is 29.2. The second-order valence-corrected chi connectivity index (χ2v) is 12.4. The number of nitrogens with one attached hydrogen (secondary N) is 1. The van der Waals surface area contributed by atoms with Crippen LogP contribution in [0.15, 0.2) is 85.1 Å². The molecule has 1 aliphatic carbocycles. The molecule has 9 heteroatoms. The molecule has 5 rings (SSSR count). The van der Waals surface area contributed by atoms with Crippen LogP contribution in [-0.2, 0) is 19.0 Å². The summed E-state index contributed by atoms with van der Waals surface area (Å²) in [5.41, 5.74) is 1.23. The molecule has 0 saturated carbocycles. The Labute approximate surface area is 283 Å². The van der Waals surface area contributed by atoms with Crippen LogP contribution >= 0.6 is 0 Å². The van der Waals surface area contributed by atoms with Crippen molar-refractivity contribution in [3.05, 3.63) is 96.2 Å². The van der Waals surface area contributed by atoms with Crippen LogP contribution in [0, 0.1) is 0 Å². The van der Waals surface area contributed by atoms with Gasteiger partial charge in [0.1, 0.15) is 18.3 Å². The molecule has 0 radical (unpaired) electrons. The number of esters is 1. The smallest absolute Gasteiger partial charge is 0.306 e. The van der Waals surface area contributed by atoms with E-state index in [-0.39, 0.29) is 36.2 Å². The summed E-state index contributed by atoms with van der Waals surface area (Å²) in [7, 11) is 0. The van der Waals surface area contributed by atoms with E-state index in [1.165, 1.54) is 0 Å². The van der Waals surface area contributed by atoms with Crippen molar-refractivity contribution in [2.75, 3.05) is 6.79 Å². The van der Waals surface area contributed by atoms with Crippen LogP contribution in [0.2, 0.25) is 0 Å². The molecule has 1 amide bonds. The number of carbonyl (C=O) groups excluding carboxylic acids is 2. The molecule has 1 aromatic rings. The molecule has 0 aromatic heterocycles. The van der Waals surface area contributed by atoms with Gasteiger partial charge in [0.25, 0.3) is 5.91 Å². The minimum Gasteiger partial charge on any atom is -0.504 e. The van der Waals surface area contributed by atoms with E-state index < -0.39 is 36.0 Å². The number of hydrogen-bond acceptors (Lipinski definition) is 8. The van der Waals surface area contributed by atoms with Gasteiger partial charge in [-0.3, -0.25) is 9.59 Å². The number of ether oxygens (including phenoxy) is 5. The summed E-state index contributed by atoms with van der Waals surface area (Å²) in [6.07, 6.45) is 32.0. The lowest BCUT2D eigenvalue weighted by molar-refractivity contribution is -0.166. The molecule has 0 spiro atoms. The van der Waals surface area contributed by atoms with Gasteiger partial charge in [-0.05, 0) is 76.5 Å². The summed E-state index contributed by atoms with van der Waals surface area (Å²) in [4.78, 5) is 26.1. The van der Waals surface area contributed by atoms with Crippen LogP contribution < -0.4 is 14.8 Å². The van der Waals surface area contributed by atoms with E-state index in [1.54, 1.807) is 26.0 Å². The number of phenolic OH excluding ortho intramolecular Hbond substituents is 1. The van der Waals surface area contributed by atoms with Crippen LogP contribution in [0.4, 0.5) is 0 Å². The Morgan fingerprint density at radius 3 is 2.10 bits per heavy atom. The van der Waals surface area contributed by atoms with Crippen LogP contribution in [0.1, 0.15) is 88.1 Å².